The lowest BCUT2D eigenvalue weighted by Crippen LogP contribution is -2.41. The molecule has 0 bridgehead atoms. The Bertz CT molecular complexity index is 213. The van der Waals surface area contributed by atoms with Crippen LogP contribution in [0.15, 0.2) is 0 Å². The fraction of sp³-hybridized carbons (Fsp3) is 0.923. The number of nitrogens with one attached hydrogen (secondary N) is 1. The Morgan fingerprint density at radius 2 is 2.06 bits per heavy atom. The van der Waals surface area contributed by atoms with Crippen molar-refractivity contribution >= 4 is 5.91 Å². The van der Waals surface area contributed by atoms with E-state index >= 15 is 0 Å². The molecule has 0 aliphatic carbocycles. The van der Waals surface area contributed by atoms with E-state index < -0.39 is 0 Å². The van der Waals surface area contributed by atoms with Gasteiger partial charge in [-0.2, -0.15) is 0 Å². The number of aliphatic hydroxyl groups is 1. The highest BCUT2D eigenvalue weighted by Crippen LogP contribution is 2.16. The Morgan fingerprint density at radius 3 is 2.65 bits per heavy atom. The molecule has 1 fully saturated rings. The second kappa shape index (κ2) is 8.48. The molecule has 2 N–H and O–H groups in total. The normalized spacial score (nSPS) is 18.2. The van der Waals surface area contributed by atoms with Crippen molar-refractivity contribution < 1.29 is 9.90 Å². The summed E-state index contributed by atoms with van der Waals surface area (Å²) in [5.74, 6) is 0.413. The fourth-order valence-electron chi connectivity index (χ4n) is 2.29. The predicted octanol–water partition coefficient (Wildman–Crippen LogP) is 0.997. The molecule has 1 saturated heterocycles. The van der Waals surface area contributed by atoms with E-state index in [-0.39, 0.29) is 18.4 Å². The summed E-state index contributed by atoms with van der Waals surface area (Å²) in [4.78, 5) is 14.1. The monoisotopic (exact) mass is 242 g/mol. The van der Waals surface area contributed by atoms with Crippen molar-refractivity contribution in [2.24, 2.45) is 5.92 Å². The van der Waals surface area contributed by atoms with Crippen molar-refractivity contribution in [3.8, 4) is 0 Å². The van der Waals surface area contributed by atoms with Gasteiger partial charge in [0.25, 0.3) is 0 Å². The molecule has 0 radical (unpaired) electrons. The number of carbonyl (C=O) groups excluding carboxylic acids is 1. The first-order valence-electron chi connectivity index (χ1n) is 6.88. The number of likely N-dealkylation sites (tertiary alicyclic amines) is 1. The van der Waals surface area contributed by atoms with Gasteiger partial charge in [0.2, 0.25) is 5.91 Å². The molecular formula is C13H26N2O2. The molecular weight excluding hydrogens is 216 g/mol. The molecule has 100 valence electrons. The molecule has 0 spiro atoms. The Kier molecular flexibility index (Phi) is 7.21. The van der Waals surface area contributed by atoms with E-state index in [2.05, 4.69) is 17.1 Å². The largest absolute Gasteiger partial charge is 0.395 e. The fourth-order valence-corrected chi connectivity index (χ4v) is 2.29. The van der Waals surface area contributed by atoms with Gasteiger partial charge >= 0.3 is 0 Å². The van der Waals surface area contributed by atoms with Crippen molar-refractivity contribution in [1.82, 2.24) is 10.2 Å². The van der Waals surface area contributed by atoms with E-state index in [4.69, 9.17) is 5.11 Å². The van der Waals surface area contributed by atoms with Gasteiger partial charge in [0, 0.05) is 19.0 Å². The molecule has 0 atom stereocenters. The number of nitrogens with zero attached hydrogens (tertiary/aromatic N) is 1. The highest BCUT2D eigenvalue weighted by molar-refractivity contribution is 5.78. The summed E-state index contributed by atoms with van der Waals surface area (Å²) < 4.78 is 0. The van der Waals surface area contributed by atoms with E-state index in [9.17, 15) is 4.79 Å². The smallest absolute Gasteiger partial charge is 0.223 e. The van der Waals surface area contributed by atoms with E-state index in [1.54, 1.807) is 0 Å². The first kappa shape index (κ1) is 14.5. The number of rotatable bonds is 7. The molecule has 1 aliphatic heterocycles. The third-order valence-corrected chi connectivity index (χ3v) is 3.45. The number of hydrogen-bond acceptors (Lipinski definition) is 3. The van der Waals surface area contributed by atoms with Crippen LogP contribution in [0.25, 0.3) is 0 Å². The van der Waals surface area contributed by atoms with Crippen LogP contribution >= 0.6 is 0 Å². The van der Waals surface area contributed by atoms with Crippen molar-refractivity contribution in [2.45, 2.75) is 39.0 Å². The maximum atomic E-state index is 11.8. The molecule has 4 heteroatoms. The lowest BCUT2D eigenvalue weighted by Gasteiger charge is -2.30. The highest BCUT2D eigenvalue weighted by Gasteiger charge is 2.24. The van der Waals surface area contributed by atoms with Crippen LogP contribution in [0.1, 0.15) is 39.0 Å². The van der Waals surface area contributed by atoms with Crippen molar-refractivity contribution in [3.05, 3.63) is 0 Å². The first-order chi connectivity index (χ1) is 8.27. The predicted molar refractivity (Wildman–Crippen MR) is 68.8 cm³/mol. The van der Waals surface area contributed by atoms with Gasteiger partial charge in [-0.05, 0) is 32.4 Å². The number of amides is 1. The lowest BCUT2D eigenvalue weighted by atomic mass is 9.96. The van der Waals surface area contributed by atoms with Gasteiger partial charge < -0.3 is 15.3 Å². The Balaban J connectivity index is 2.12. The van der Waals surface area contributed by atoms with Gasteiger partial charge in [0.1, 0.15) is 0 Å². The summed E-state index contributed by atoms with van der Waals surface area (Å²) in [5, 5.41) is 11.9. The summed E-state index contributed by atoms with van der Waals surface area (Å²) >= 11 is 0. The molecule has 0 unspecified atom stereocenters. The van der Waals surface area contributed by atoms with Gasteiger partial charge in [-0.25, -0.2) is 0 Å². The zero-order chi connectivity index (χ0) is 12.5. The lowest BCUT2D eigenvalue weighted by molar-refractivity contribution is -0.126. The quantitative estimate of drug-likeness (QED) is 0.655. The SMILES string of the molecule is CCCCCNC(=O)C1CCN(CCO)CC1. The Morgan fingerprint density at radius 1 is 1.35 bits per heavy atom. The molecule has 0 aromatic heterocycles. The van der Waals surface area contributed by atoms with Gasteiger partial charge in [-0.3, -0.25) is 4.79 Å². The molecule has 0 aromatic rings. The first-order valence-corrected chi connectivity index (χ1v) is 6.88. The second-order valence-electron chi connectivity index (χ2n) is 4.84. The van der Waals surface area contributed by atoms with E-state index in [0.29, 0.717) is 0 Å². The van der Waals surface area contributed by atoms with Gasteiger partial charge in [0.15, 0.2) is 0 Å². The summed E-state index contributed by atoms with van der Waals surface area (Å²) in [6.45, 7) is 5.82. The summed E-state index contributed by atoms with van der Waals surface area (Å²) in [7, 11) is 0. The molecule has 0 aromatic carbocycles. The van der Waals surface area contributed by atoms with Crippen LogP contribution in [0, 0.1) is 5.92 Å². The second-order valence-corrected chi connectivity index (χ2v) is 4.84. The van der Waals surface area contributed by atoms with Crippen molar-refractivity contribution in [1.29, 1.82) is 0 Å². The molecule has 17 heavy (non-hydrogen) atoms. The zero-order valence-corrected chi connectivity index (χ0v) is 11.0. The standard InChI is InChI=1S/C13H26N2O2/c1-2-3-4-7-14-13(17)12-5-8-15(9-6-12)10-11-16/h12,16H,2-11H2,1H3,(H,14,17). The highest BCUT2D eigenvalue weighted by atomic mass is 16.3. The topological polar surface area (TPSA) is 52.6 Å². The van der Waals surface area contributed by atoms with E-state index in [1.807, 2.05) is 0 Å². The minimum atomic E-state index is 0.187. The molecule has 0 saturated carbocycles. The number of unbranched alkanes of at least 4 members (excludes halogenated alkanes) is 2. The number of hydrogen-bond donors (Lipinski definition) is 2. The third kappa shape index (κ3) is 5.50. The Labute approximate surface area is 104 Å². The van der Waals surface area contributed by atoms with Crippen molar-refractivity contribution in [3.63, 3.8) is 0 Å². The van der Waals surface area contributed by atoms with Crippen LogP contribution in [0.3, 0.4) is 0 Å². The average Bonchev–Trinajstić information content (AvgIpc) is 2.36. The maximum absolute atomic E-state index is 11.8. The number of β-amino-alcohol motifs (C(OH)–C–C–N with tert-alkyl or cyclic N) is 1. The van der Waals surface area contributed by atoms with Gasteiger partial charge in [-0.1, -0.05) is 19.8 Å². The summed E-state index contributed by atoms with van der Waals surface area (Å²) in [6, 6.07) is 0. The number of piperidine rings is 1. The maximum Gasteiger partial charge on any atom is 0.223 e. The van der Waals surface area contributed by atoms with Crippen LogP contribution in [0.5, 0.6) is 0 Å². The Hall–Kier alpha value is -0.610. The average molecular weight is 242 g/mol. The number of aliphatic hydroxyl groups excluding tert-OH is 1. The van der Waals surface area contributed by atoms with Gasteiger partial charge in [-0.15, -0.1) is 0 Å². The number of carbonyl (C=O) groups is 1. The van der Waals surface area contributed by atoms with Crippen LogP contribution < -0.4 is 5.32 Å². The van der Waals surface area contributed by atoms with Crippen LogP contribution in [0.2, 0.25) is 0 Å². The molecule has 1 amide bonds. The summed E-state index contributed by atoms with van der Waals surface area (Å²) in [5.41, 5.74) is 0. The molecule has 4 nitrogen and oxygen atoms in total. The molecule has 1 rings (SSSR count). The summed E-state index contributed by atoms with van der Waals surface area (Å²) in [6.07, 6.45) is 5.33. The van der Waals surface area contributed by atoms with Crippen molar-refractivity contribution in [2.75, 3.05) is 32.8 Å². The van der Waals surface area contributed by atoms with E-state index in [0.717, 1.165) is 45.4 Å². The minimum Gasteiger partial charge on any atom is -0.395 e. The minimum absolute atomic E-state index is 0.187. The molecule has 1 heterocycles. The van der Waals surface area contributed by atoms with Crippen LogP contribution in [-0.2, 0) is 4.79 Å². The van der Waals surface area contributed by atoms with E-state index in [1.165, 1.54) is 12.8 Å². The van der Waals surface area contributed by atoms with Crippen LogP contribution in [0.4, 0.5) is 0 Å². The van der Waals surface area contributed by atoms with Gasteiger partial charge in [0.05, 0.1) is 6.61 Å². The van der Waals surface area contributed by atoms with Crippen LogP contribution in [-0.4, -0.2) is 48.7 Å². The third-order valence-electron chi connectivity index (χ3n) is 3.45. The molecule has 1 aliphatic rings. The zero-order valence-electron chi connectivity index (χ0n) is 11.0.